The van der Waals surface area contributed by atoms with Crippen LogP contribution in [0.2, 0.25) is 0 Å². The fraction of sp³-hybridized carbons (Fsp3) is 0.667. The van der Waals surface area contributed by atoms with E-state index in [1.807, 2.05) is 11.3 Å². The first-order chi connectivity index (χ1) is 6.93. The standard InChI is InChI=1S/C12H17NS/c1-2-9(1)3-4-11-12-10(5-7-13-11)6-8-14-12/h6,8-9,11,13H,1-5,7H2. The summed E-state index contributed by atoms with van der Waals surface area (Å²) in [5, 5.41) is 5.91. The van der Waals surface area contributed by atoms with Crippen LogP contribution in [0.25, 0.3) is 0 Å². The van der Waals surface area contributed by atoms with Crippen LogP contribution in [0.15, 0.2) is 11.4 Å². The molecule has 1 aromatic heterocycles. The highest BCUT2D eigenvalue weighted by atomic mass is 32.1. The molecule has 1 atom stereocenters. The average Bonchev–Trinajstić information content (AvgIpc) is 2.91. The van der Waals surface area contributed by atoms with Crippen LogP contribution < -0.4 is 5.32 Å². The molecule has 0 amide bonds. The molecule has 0 bridgehead atoms. The van der Waals surface area contributed by atoms with Crippen molar-refractivity contribution in [2.24, 2.45) is 5.92 Å². The molecule has 1 aliphatic heterocycles. The summed E-state index contributed by atoms with van der Waals surface area (Å²) in [7, 11) is 0. The molecule has 1 unspecified atom stereocenters. The SMILES string of the molecule is c1cc2c(s1)C(CCC1CC1)NCC2. The van der Waals surface area contributed by atoms with Crippen molar-refractivity contribution in [1.82, 2.24) is 5.32 Å². The molecule has 2 heterocycles. The highest BCUT2D eigenvalue weighted by molar-refractivity contribution is 7.10. The van der Waals surface area contributed by atoms with E-state index in [2.05, 4.69) is 16.8 Å². The minimum atomic E-state index is 0.680. The van der Waals surface area contributed by atoms with Crippen molar-refractivity contribution in [3.05, 3.63) is 21.9 Å². The average molecular weight is 207 g/mol. The monoisotopic (exact) mass is 207 g/mol. The Bertz CT molecular complexity index is 314. The van der Waals surface area contributed by atoms with Crippen LogP contribution in [0.1, 0.15) is 42.2 Å². The minimum Gasteiger partial charge on any atom is -0.309 e. The Labute approximate surface area is 89.5 Å². The van der Waals surface area contributed by atoms with E-state index in [-0.39, 0.29) is 0 Å². The maximum absolute atomic E-state index is 3.65. The molecular weight excluding hydrogens is 190 g/mol. The lowest BCUT2D eigenvalue weighted by molar-refractivity contribution is 0.458. The highest BCUT2D eigenvalue weighted by Gasteiger charge is 2.25. The van der Waals surface area contributed by atoms with Crippen LogP contribution in [0.4, 0.5) is 0 Å². The van der Waals surface area contributed by atoms with Crippen molar-refractivity contribution >= 4 is 11.3 Å². The molecule has 14 heavy (non-hydrogen) atoms. The molecule has 1 nitrogen and oxygen atoms in total. The summed E-state index contributed by atoms with van der Waals surface area (Å²) >= 11 is 1.94. The Morgan fingerprint density at radius 3 is 3.14 bits per heavy atom. The predicted molar refractivity (Wildman–Crippen MR) is 60.7 cm³/mol. The van der Waals surface area contributed by atoms with Crippen molar-refractivity contribution < 1.29 is 0 Å². The van der Waals surface area contributed by atoms with E-state index in [0.717, 1.165) is 5.92 Å². The van der Waals surface area contributed by atoms with Crippen LogP contribution in [0.3, 0.4) is 0 Å². The molecule has 0 radical (unpaired) electrons. The van der Waals surface area contributed by atoms with Gasteiger partial charge in [0.25, 0.3) is 0 Å². The van der Waals surface area contributed by atoms with Crippen LogP contribution in [0, 0.1) is 5.92 Å². The van der Waals surface area contributed by atoms with Gasteiger partial charge < -0.3 is 5.32 Å². The molecule has 0 saturated heterocycles. The van der Waals surface area contributed by atoms with Gasteiger partial charge in [-0.15, -0.1) is 11.3 Å². The van der Waals surface area contributed by atoms with Gasteiger partial charge >= 0.3 is 0 Å². The first-order valence-corrected chi connectivity index (χ1v) is 6.61. The zero-order chi connectivity index (χ0) is 9.38. The van der Waals surface area contributed by atoms with Gasteiger partial charge in [-0.1, -0.05) is 12.8 Å². The first kappa shape index (κ1) is 8.93. The summed E-state index contributed by atoms with van der Waals surface area (Å²) in [6.07, 6.45) is 7.01. The van der Waals surface area contributed by atoms with Crippen LogP contribution in [-0.4, -0.2) is 6.54 Å². The Hall–Kier alpha value is -0.340. The second kappa shape index (κ2) is 3.67. The first-order valence-electron chi connectivity index (χ1n) is 5.73. The van der Waals surface area contributed by atoms with Crippen LogP contribution in [-0.2, 0) is 6.42 Å². The Morgan fingerprint density at radius 1 is 1.36 bits per heavy atom. The van der Waals surface area contributed by atoms with E-state index in [0.29, 0.717) is 6.04 Å². The zero-order valence-corrected chi connectivity index (χ0v) is 9.28. The van der Waals surface area contributed by atoms with Crippen molar-refractivity contribution in [3.63, 3.8) is 0 Å². The molecule has 0 aromatic carbocycles. The minimum absolute atomic E-state index is 0.680. The summed E-state index contributed by atoms with van der Waals surface area (Å²) in [6.45, 7) is 1.18. The number of hydrogen-bond donors (Lipinski definition) is 1. The topological polar surface area (TPSA) is 12.0 Å². The second-order valence-corrected chi connectivity index (χ2v) is 5.54. The number of rotatable bonds is 3. The van der Waals surface area contributed by atoms with E-state index in [9.17, 15) is 0 Å². The van der Waals surface area contributed by atoms with Gasteiger partial charge in [-0.25, -0.2) is 0 Å². The fourth-order valence-corrected chi connectivity index (χ4v) is 3.44. The molecule has 2 heteroatoms. The van der Waals surface area contributed by atoms with E-state index in [1.54, 1.807) is 10.4 Å². The van der Waals surface area contributed by atoms with E-state index >= 15 is 0 Å². The summed E-state index contributed by atoms with van der Waals surface area (Å²) in [5.74, 6) is 1.07. The van der Waals surface area contributed by atoms with Crippen molar-refractivity contribution in [1.29, 1.82) is 0 Å². The largest absolute Gasteiger partial charge is 0.309 e. The molecule has 1 saturated carbocycles. The van der Waals surface area contributed by atoms with E-state index < -0.39 is 0 Å². The molecule has 1 fully saturated rings. The van der Waals surface area contributed by atoms with E-state index in [4.69, 9.17) is 0 Å². The van der Waals surface area contributed by atoms with Gasteiger partial charge in [0.05, 0.1) is 0 Å². The fourth-order valence-electron chi connectivity index (χ4n) is 2.38. The number of fused-ring (bicyclic) bond motifs is 1. The van der Waals surface area contributed by atoms with Gasteiger partial charge in [0, 0.05) is 10.9 Å². The van der Waals surface area contributed by atoms with E-state index in [1.165, 1.54) is 38.6 Å². The maximum atomic E-state index is 3.65. The van der Waals surface area contributed by atoms with Crippen molar-refractivity contribution in [2.75, 3.05) is 6.54 Å². The lowest BCUT2D eigenvalue weighted by Crippen LogP contribution is -2.28. The van der Waals surface area contributed by atoms with Gasteiger partial charge in [-0.05, 0) is 48.7 Å². The Kier molecular flexibility index (Phi) is 2.34. The normalized spacial score (nSPS) is 26.1. The number of hydrogen-bond acceptors (Lipinski definition) is 2. The highest BCUT2D eigenvalue weighted by Crippen LogP contribution is 2.38. The molecule has 0 spiro atoms. The molecule has 1 aromatic rings. The van der Waals surface area contributed by atoms with Gasteiger partial charge in [-0.2, -0.15) is 0 Å². The maximum Gasteiger partial charge on any atom is 0.0417 e. The Balaban J connectivity index is 1.68. The van der Waals surface area contributed by atoms with Gasteiger partial charge in [-0.3, -0.25) is 0 Å². The van der Waals surface area contributed by atoms with Crippen LogP contribution >= 0.6 is 11.3 Å². The lowest BCUT2D eigenvalue weighted by Gasteiger charge is -2.23. The summed E-state index contributed by atoms with van der Waals surface area (Å²) in [5.41, 5.74) is 1.61. The smallest absolute Gasteiger partial charge is 0.0417 e. The quantitative estimate of drug-likeness (QED) is 0.803. The molecule has 3 rings (SSSR count). The number of thiophene rings is 1. The molecule has 76 valence electrons. The van der Waals surface area contributed by atoms with Crippen molar-refractivity contribution in [2.45, 2.75) is 38.1 Å². The molecule has 2 aliphatic rings. The lowest BCUT2D eigenvalue weighted by atomic mass is 9.99. The summed E-state index contributed by atoms with van der Waals surface area (Å²) in [6, 6.07) is 2.99. The zero-order valence-electron chi connectivity index (χ0n) is 8.46. The van der Waals surface area contributed by atoms with Crippen LogP contribution in [0.5, 0.6) is 0 Å². The third-order valence-corrected chi connectivity index (χ3v) is 4.52. The molecular formula is C12H17NS. The summed E-state index contributed by atoms with van der Waals surface area (Å²) < 4.78 is 0. The van der Waals surface area contributed by atoms with Gasteiger partial charge in [0.15, 0.2) is 0 Å². The predicted octanol–water partition coefficient (Wildman–Crippen LogP) is 3.13. The third kappa shape index (κ3) is 1.73. The van der Waals surface area contributed by atoms with Crippen molar-refractivity contribution in [3.8, 4) is 0 Å². The summed E-state index contributed by atoms with van der Waals surface area (Å²) in [4.78, 5) is 1.62. The van der Waals surface area contributed by atoms with Gasteiger partial charge in [0.2, 0.25) is 0 Å². The molecule has 1 aliphatic carbocycles. The molecule has 1 N–H and O–H groups in total. The third-order valence-electron chi connectivity index (χ3n) is 3.44. The number of nitrogens with one attached hydrogen (secondary N) is 1. The Morgan fingerprint density at radius 2 is 2.29 bits per heavy atom. The van der Waals surface area contributed by atoms with Gasteiger partial charge in [0.1, 0.15) is 0 Å². The second-order valence-electron chi connectivity index (χ2n) is 4.59.